The summed E-state index contributed by atoms with van der Waals surface area (Å²) in [5.41, 5.74) is 12.9. The Morgan fingerprint density at radius 2 is 2.03 bits per heavy atom. The number of benzene rings is 1. The molecule has 0 unspecified atom stereocenters. The van der Waals surface area contributed by atoms with Crippen molar-refractivity contribution in [2.45, 2.75) is 50.6 Å². The van der Waals surface area contributed by atoms with Crippen molar-refractivity contribution in [3.63, 3.8) is 0 Å². The number of halogens is 1. The van der Waals surface area contributed by atoms with Gasteiger partial charge in [0.2, 0.25) is 0 Å². The molecule has 1 aromatic carbocycles. The van der Waals surface area contributed by atoms with E-state index in [1.54, 1.807) is 6.07 Å². The van der Waals surface area contributed by atoms with Gasteiger partial charge in [-0.05, 0) is 55.4 Å². The van der Waals surface area contributed by atoms with Crippen LogP contribution in [0.2, 0.25) is 0 Å². The average molecular weight is 491 g/mol. The van der Waals surface area contributed by atoms with Crippen molar-refractivity contribution >= 4 is 5.97 Å². The van der Waals surface area contributed by atoms with Gasteiger partial charge in [0.25, 0.3) is 0 Å². The molecule has 3 heterocycles. The highest BCUT2D eigenvalue weighted by Gasteiger charge is 2.36. The standard InChI is InChI=1S/C28H31FN4O3/c29-22-12-17(2-3-19(22)16-33-8-10-36-11-9-33)23-13-21-18(15-31-23)4-5-20-25(27(34)35)24(32-26(20)21)14-28(30)6-1-7-28/h2-3,12-13,15,32H,1,4-11,14,16,30H2,(H,34,35). The lowest BCUT2D eigenvalue weighted by atomic mass is 9.74. The van der Waals surface area contributed by atoms with Crippen molar-refractivity contribution < 1.29 is 19.0 Å². The Hall–Kier alpha value is -3.07. The maximum Gasteiger partial charge on any atom is 0.337 e. The molecule has 0 spiro atoms. The van der Waals surface area contributed by atoms with Crippen LogP contribution in [0.4, 0.5) is 4.39 Å². The van der Waals surface area contributed by atoms with E-state index in [-0.39, 0.29) is 11.4 Å². The van der Waals surface area contributed by atoms with Gasteiger partial charge >= 0.3 is 5.97 Å². The van der Waals surface area contributed by atoms with Gasteiger partial charge in [0, 0.05) is 60.2 Å². The molecule has 4 N–H and O–H groups in total. The fourth-order valence-corrected chi connectivity index (χ4v) is 5.79. The number of pyridine rings is 1. The van der Waals surface area contributed by atoms with Crippen LogP contribution in [0.3, 0.4) is 0 Å². The maximum absolute atomic E-state index is 15.0. The molecule has 2 aliphatic carbocycles. The second kappa shape index (κ2) is 9.10. The number of nitrogens with two attached hydrogens (primary N) is 1. The zero-order valence-corrected chi connectivity index (χ0v) is 20.3. The third-order valence-electron chi connectivity index (χ3n) is 8.02. The normalized spacial score (nSPS) is 18.8. The summed E-state index contributed by atoms with van der Waals surface area (Å²) in [6, 6.07) is 7.25. The Balaban J connectivity index is 1.33. The fraction of sp³-hybridized carbons (Fsp3) is 0.429. The Labute approximate surface area is 209 Å². The first-order valence-electron chi connectivity index (χ1n) is 12.7. The molecular weight excluding hydrogens is 459 g/mol. The molecule has 1 aliphatic heterocycles. The number of rotatable bonds is 6. The molecule has 8 heteroatoms. The van der Waals surface area contributed by atoms with Gasteiger partial charge in [-0.3, -0.25) is 9.88 Å². The Morgan fingerprint density at radius 1 is 1.22 bits per heavy atom. The molecule has 0 amide bonds. The first-order chi connectivity index (χ1) is 17.4. The largest absolute Gasteiger partial charge is 0.478 e. The number of nitrogens with one attached hydrogen (secondary N) is 1. The first kappa shape index (κ1) is 23.3. The van der Waals surface area contributed by atoms with Crippen LogP contribution in [-0.4, -0.2) is 57.8 Å². The van der Waals surface area contributed by atoms with Crippen LogP contribution in [0.25, 0.3) is 22.5 Å². The third-order valence-corrected chi connectivity index (χ3v) is 8.02. The summed E-state index contributed by atoms with van der Waals surface area (Å²) in [5.74, 6) is -1.16. The number of morpholine rings is 1. The van der Waals surface area contributed by atoms with Crippen molar-refractivity contribution in [3.05, 3.63) is 64.2 Å². The monoisotopic (exact) mass is 490 g/mol. The number of carbonyl (C=O) groups is 1. The number of H-pyrrole nitrogens is 1. The summed E-state index contributed by atoms with van der Waals surface area (Å²) >= 11 is 0. The first-order valence-corrected chi connectivity index (χ1v) is 12.7. The summed E-state index contributed by atoms with van der Waals surface area (Å²) in [6.45, 7) is 3.52. The zero-order valence-electron chi connectivity index (χ0n) is 20.3. The molecule has 0 bridgehead atoms. The number of fused-ring (bicyclic) bond motifs is 3. The van der Waals surface area contributed by atoms with Crippen LogP contribution < -0.4 is 5.73 Å². The number of nitrogens with zero attached hydrogens (tertiary/aromatic N) is 2. The second-order valence-corrected chi connectivity index (χ2v) is 10.5. The van der Waals surface area contributed by atoms with E-state index in [1.165, 1.54) is 0 Å². The van der Waals surface area contributed by atoms with E-state index in [0.29, 0.717) is 67.1 Å². The number of aromatic carboxylic acids is 1. The average Bonchev–Trinajstić information content (AvgIpc) is 3.23. The highest BCUT2D eigenvalue weighted by Crippen LogP contribution is 2.40. The zero-order chi connectivity index (χ0) is 24.9. The van der Waals surface area contributed by atoms with Gasteiger partial charge in [0.05, 0.1) is 30.2 Å². The molecule has 188 valence electrons. The summed E-state index contributed by atoms with van der Waals surface area (Å²) in [5, 5.41) is 10.0. The topological polar surface area (TPSA) is 104 Å². The number of carboxylic acid groups (broad SMARTS) is 1. The van der Waals surface area contributed by atoms with E-state index in [2.05, 4.69) is 14.9 Å². The smallest absolute Gasteiger partial charge is 0.337 e. The molecule has 36 heavy (non-hydrogen) atoms. The molecule has 2 aromatic heterocycles. The van der Waals surface area contributed by atoms with Gasteiger partial charge in [-0.25, -0.2) is 9.18 Å². The van der Waals surface area contributed by atoms with E-state index >= 15 is 4.39 Å². The highest BCUT2D eigenvalue weighted by molar-refractivity contribution is 5.95. The summed E-state index contributed by atoms with van der Waals surface area (Å²) in [7, 11) is 0. The van der Waals surface area contributed by atoms with Gasteiger partial charge < -0.3 is 20.6 Å². The van der Waals surface area contributed by atoms with E-state index in [9.17, 15) is 9.90 Å². The van der Waals surface area contributed by atoms with E-state index in [4.69, 9.17) is 10.5 Å². The minimum Gasteiger partial charge on any atom is -0.478 e. The molecule has 1 saturated carbocycles. The van der Waals surface area contributed by atoms with E-state index in [1.807, 2.05) is 24.4 Å². The molecule has 1 saturated heterocycles. The lowest BCUT2D eigenvalue weighted by molar-refractivity contribution is 0.0337. The van der Waals surface area contributed by atoms with Crippen molar-refractivity contribution in [1.29, 1.82) is 0 Å². The fourth-order valence-electron chi connectivity index (χ4n) is 5.79. The number of aromatic amines is 1. The number of carboxylic acids is 1. The van der Waals surface area contributed by atoms with Crippen molar-refractivity contribution in [2.24, 2.45) is 5.73 Å². The lowest BCUT2D eigenvalue weighted by Gasteiger charge is -2.38. The number of hydrogen-bond donors (Lipinski definition) is 3. The summed E-state index contributed by atoms with van der Waals surface area (Å²) in [4.78, 5) is 22.5. The molecule has 6 rings (SSSR count). The Bertz CT molecular complexity index is 1320. The molecular formula is C28H31FN4O3. The number of ether oxygens (including phenoxy) is 1. The molecule has 2 fully saturated rings. The number of hydrogen-bond acceptors (Lipinski definition) is 5. The second-order valence-electron chi connectivity index (χ2n) is 10.5. The van der Waals surface area contributed by atoms with E-state index < -0.39 is 5.97 Å². The van der Waals surface area contributed by atoms with Crippen LogP contribution in [0.15, 0.2) is 30.5 Å². The van der Waals surface area contributed by atoms with Gasteiger partial charge in [0.15, 0.2) is 0 Å². The Morgan fingerprint density at radius 3 is 2.72 bits per heavy atom. The van der Waals surface area contributed by atoms with E-state index in [0.717, 1.165) is 54.7 Å². The van der Waals surface area contributed by atoms with Gasteiger partial charge in [-0.1, -0.05) is 12.1 Å². The summed E-state index contributed by atoms with van der Waals surface area (Å²) in [6.07, 6.45) is 6.63. The van der Waals surface area contributed by atoms with Crippen molar-refractivity contribution in [2.75, 3.05) is 26.3 Å². The van der Waals surface area contributed by atoms with Crippen LogP contribution in [0, 0.1) is 5.82 Å². The number of aryl methyl sites for hydroxylation is 1. The van der Waals surface area contributed by atoms with Gasteiger partial charge in [0.1, 0.15) is 5.82 Å². The predicted octanol–water partition coefficient (Wildman–Crippen LogP) is 3.94. The SMILES string of the molecule is NC1(Cc2[nH]c3c(c2C(=O)O)CCc2cnc(-c4ccc(CN5CCOCC5)c(F)c4)cc2-3)CCC1. The van der Waals surface area contributed by atoms with Gasteiger partial charge in [-0.15, -0.1) is 0 Å². The minimum absolute atomic E-state index is 0.247. The summed E-state index contributed by atoms with van der Waals surface area (Å²) < 4.78 is 20.4. The molecule has 7 nitrogen and oxygen atoms in total. The molecule has 3 aliphatic rings. The van der Waals surface area contributed by atoms with Crippen LogP contribution in [0.5, 0.6) is 0 Å². The van der Waals surface area contributed by atoms with Crippen LogP contribution in [-0.2, 0) is 30.5 Å². The third kappa shape index (κ3) is 4.23. The molecule has 0 radical (unpaired) electrons. The van der Waals surface area contributed by atoms with Gasteiger partial charge in [-0.2, -0.15) is 0 Å². The molecule has 3 aromatic rings. The molecule has 0 atom stereocenters. The Kier molecular flexibility index (Phi) is 5.90. The highest BCUT2D eigenvalue weighted by atomic mass is 19.1. The quantitative estimate of drug-likeness (QED) is 0.484. The number of aromatic nitrogens is 2. The predicted molar refractivity (Wildman–Crippen MR) is 134 cm³/mol. The van der Waals surface area contributed by atoms with Crippen LogP contribution in [0.1, 0.15) is 52.0 Å². The minimum atomic E-state index is -0.916. The maximum atomic E-state index is 15.0. The van der Waals surface area contributed by atoms with Crippen molar-refractivity contribution in [1.82, 2.24) is 14.9 Å². The van der Waals surface area contributed by atoms with Crippen molar-refractivity contribution in [3.8, 4) is 22.5 Å². The van der Waals surface area contributed by atoms with Crippen LogP contribution >= 0.6 is 0 Å². The lowest BCUT2D eigenvalue weighted by Crippen LogP contribution is -2.48.